The van der Waals surface area contributed by atoms with E-state index in [9.17, 15) is 47.9 Å². The number of thioether (sulfide) groups is 1. The van der Waals surface area contributed by atoms with Crippen LogP contribution in [0.4, 0.5) is 0 Å². The van der Waals surface area contributed by atoms with Crippen LogP contribution in [0, 0.1) is 0 Å². The highest BCUT2D eigenvalue weighted by atomic mass is 32.2. The molecule has 13 N–H and O–H groups in total. The van der Waals surface area contributed by atoms with Gasteiger partial charge >= 0.3 is 11.9 Å². The van der Waals surface area contributed by atoms with Gasteiger partial charge in [0.25, 0.3) is 11.8 Å². The fourth-order valence-electron chi connectivity index (χ4n) is 8.36. The molecular formula is C74H141N3O36S. The van der Waals surface area contributed by atoms with Gasteiger partial charge in [-0.3, -0.25) is 48.2 Å². The molecule has 0 saturated carbocycles. The van der Waals surface area contributed by atoms with E-state index in [0.717, 1.165) is 4.90 Å². The topological polar surface area (TPSA) is 561 Å². The average Bonchev–Trinajstić information content (AvgIpc) is 1.70. The van der Waals surface area contributed by atoms with Gasteiger partial charge in [0.2, 0.25) is 17.7 Å². The Morgan fingerprint density at radius 1 is 0.404 bits per heavy atom. The quantitative estimate of drug-likeness (QED) is 0.0171. The fourth-order valence-corrected chi connectivity index (χ4v) is 8.99. The minimum Gasteiger partial charge on any atom is -0.463 e. The third-order valence-electron chi connectivity index (χ3n) is 14.4. The maximum atomic E-state index is 11.8. The first-order valence-electron chi connectivity index (χ1n) is 37.4. The van der Waals surface area contributed by atoms with Gasteiger partial charge in [0.15, 0.2) is 0 Å². The van der Waals surface area contributed by atoms with Crippen LogP contribution in [0.1, 0.15) is 126 Å². The molecule has 11 atom stereocenters. The summed E-state index contributed by atoms with van der Waals surface area (Å²) < 4.78 is 70.2. The van der Waals surface area contributed by atoms with E-state index in [1.165, 1.54) is 71.1 Å². The highest BCUT2D eigenvalue weighted by Crippen LogP contribution is 2.23. The van der Waals surface area contributed by atoms with Crippen LogP contribution < -0.4 is 5.32 Å². The molecule has 2 aliphatic rings. The molecule has 5 amide bonds. The Bertz CT molecular complexity index is 2310. The van der Waals surface area contributed by atoms with Crippen LogP contribution in [0.2, 0.25) is 0 Å². The molecular weight excluding hydrogens is 1540 g/mol. The van der Waals surface area contributed by atoms with E-state index in [1.807, 2.05) is 0 Å². The molecule has 11 unspecified atom stereocenters. The van der Waals surface area contributed by atoms with Crippen LogP contribution in [0.25, 0.3) is 0 Å². The molecule has 40 heteroatoms. The van der Waals surface area contributed by atoms with Gasteiger partial charge < -0.3 is 143 Å². The monoisotopic (exact) mass is 1680 g/mol. The van der Waals surface area contributed by atoms with Crippen molar-refractivity contribution in [3.05, 3.63) is 12.2 Å². The number of nitrogens with one attached hydrogen (secondary N) is 1. The lowest BCUT2D eigenvalue weighted by atomic mass is 10.1. The number of carbonyl (C=O) groups excluding carboxylic acids is 10. The number of nitrogens with zero attached hydrogens (tertiary/aromatic N) is 2. The number of ether oxygens (including phenoxy) is 14. The predicted molar refractivity (Wildman–Crippen MR) is 414 cm³/mol. The van der Waals surface area contributed by atoms with E-state index < -0.39 is 24.4 Å². The van der Waals surface area contributed by atoms with Crippen molar-refractivity contribution in [3.63, 3.8) is 0 Å². The van der Waals surface area contributed by atoms with Crippen molar-refractivity contribution in [1.29, 1.82) is 0 Å². The van der Waals surface area contributed by atoms with Crippen molar-refractivity contribution in [2.24, 2.45) is 0 Å². The van der Waals surface area contributed by atoms with Crippen LogP contribution in [0.3, 0.4) is 0 Å². The normalized spacial score (nSPS) is 15.4. The van der Waals surface area contributed by atoms with Crippen molar-refractivity contribution in [2.75, 3.05) is 201 Å². The lowest BCUT2D eigenvalue weighted by Gasteiger charge is -2.20. The molecule has 0 aromatic heterocycles. The smallest absolute Gasteiger partial charge is 0.305 e. The number of methoxy groups -OCH3 is 6. The number of likely N-dealkylation sites (tertiary alicyclic amines) is 1. The molecule has 2 aliphatic heterocycles. The summed E-state index contributed by atoms with van der Waals surface area (Å²) in [6.07, 6.45) is 3.73. The molecule has 39 nitrogen and oxygen atoms in total. The summed E-state index contributed by atoms with van der Waals surface area (Å²) in [4.78, 5) is 115. The van der Waals surface area contributed by atoms with E-state index in [4.69, 9.17) is 128 Å². The Hall–Kier alpha value is -5.17. The second-order valence-corrected chi connectivity index (χ2v) is 26.4. The van der Waals surface area contributed by atoms with Gasteiger partial charge in [0, 0.05) is 132 Å². The van der Waals surface area contributed by atoms with Gasteiger partial charge in [-0.05, 0) is 80.9 Å². The number of imide groups is 2. The number of carbonyl (C=O) groups is 10. The Kier molecular flexibility index (Phi) is 87.0. The predicted octanol–water partition coefficient (Wildman–Crippen LogP) is -2.41. The number of Topliss-reactive ketones (excluding diaryl/α,β-unsaturated/α-hetero) is 3. The summed E-state index contributed by atoms with van der Waals surface area (Å²) in [5.74, 6) is -1.78. The van der Waals surface area contributed by atoms with E-state index in [1.54, 1.807) is 62.0 Å². The summed E-state index contributed by atoms with van der Waals surface area (Å²) in [6, 6.07) is 0. The zero-order valence-corrected chi connectivity index (χ0v) is 70.5. The van der Waals surface area contributed by atoms with Crippen molar-refractivity contribution in [2.45, 2.75) is 205 Å². The maximum absolute atomic E-state index is 11.8. The summed E-state index contributed by atoms with van der Waals surface area (Å²) >= 11 is 1.37. The average molecular weight is 1680 g/mol. The highest BCUT2D eigenvalue weighted by molar-refractivity contribution is 8.00. The molecule has 0 spiro atoms. The molecule has 0 aliphatic carbocycles. The fraction of sp³-hybridized carbons (Fsp3) is 0.838. The van der Waals surface area contributed by atoms with Crippen LogP contribution in [0.15, 0.2) is 12.2 Å². The summed E-state index contributed by atoms with van der Waals surface area (Å²) in [5.41, 5.74) is 0. The van der Waals surface area contributed by atoms with Crippen LogP contribution in [0.5, 0.6) is 0 Å². The van der Waals surface area contributed by atoms with Gasteiger partial charge in [-0.2, -0.15) is 11.8 Å². The van der Waals surface area contributed by atoms with Gasteiger partial charge in [-0.25, -0.2) is 0 Å². The number of hydrogen-bond acceptors (Lipinski definition) is 37. The largest absolute Gasteiger partial charge is 0.463 e. The highest BCUT2D eigenvalue weighted by Gasteiger charge is 2.38. The van der Waals surface area contributed by atoms with Crippen LogP contribution >= 0.6 is 11.8 Å². The van der Waals surface area contributed by atoms with Crippen molar-refractivity contribution >= 4 is 70.6 Å². The van der Waals surface area contributed by atoms with E-state index >= 15 is 0 Å². The molecule has 0 bridgehead atoms. The molecule has 2 heterocycles. The lowest BCUT2D eigenvalue weighted by molar-refractivity contribution is -0.153. The third-order valence-corrected chi connectivity index (χ3v) is 15.3. The van der Waals surface area contributed by atoms with Gasteiger partial charge in [-0.1, -0.05) is 0 Å². The number of aliphatic hydroxyl groups is 12. The SMILES string of the molecule is CC(CO)OC(CO)CO.CC(CO)OC(CO)CO.COCC(CO)OC(C)CO.COCC(CO)OC(C)CO.COCC(COC(=O)CCCC(C)=O)OC(C)CO.COCC(COC(=O)CCCC(C)=O)OC(C)CO.COCCCC(=O)CCN1C(=O)C=CC1=O.COCCNC(=O)CCN1C(=O)CC(SC)C1=O. The first kappa shape index (κ1) is 120. The number of esters is 2. The third kappa shape index (κ3) is 73.2. The standard InChI is InChI=1S/2C13H24O6.C11H18N2O4S.C11H15NO4.2C7H16O4.2C6H14O4/c2*1-10(15)5-4-6-13(16)18-9-12(8-17-3)19-11(2)7-14;1-17-6-4-12-9(14)3-5-13-10(15)7-8(18-2)11(13)16;1-16-8-2-3-9(13)6-7-12-10(14)4-5-11(12)15;2*1-6(3-8)11-7(4-9)5-10-2;2*1-5(2-7)10-6(3-8)4-9/h2*11-12,14H,4-9H2,1-3H3;8H,3-7H2,1-2H3,(H,12,14);4-5H,2-3,6-8H2,1H3;2*6-9H,3-5H2,1-2H3;2*5-9H,2-4H2,1H3. The van der Waals surface area contributed by atoms with Crippen LogP contribution in [-0.4, -0.2) is 409 Å². The molecule has 1 saturated heterocycles. The minimum absolute atomic E-state index is 0.0415. The second kappa shape index (κ2) is 82.9. The molecule has 114 heavy (non-hydrogen) atoms. The first-order valence-corrected chi connectivity index (χ1v) is 38.6. The van der Waals surface area contributed by atoms with Crippen molar-refractivity contribution in [1.82, 2.24) is 15.1 Å². The maximum Gasteiger partial charge on any atom is 0.305 e. The van der Waals surface area contributed by atoms with Gasteiger partial charge in [0.05, 0.1) is 154 Å². The number of ketones is 3. The Labute approximate surface area is 676 Å². The minimum atomic E-state index is -0.567. The van der Waals surface area contributed by atoms with E-state index in [-0.39, 0.29) is 264 Å². The van der Waals surface area contributed by atoms with E-state index in [0.29, 0.717) is 71.5 Å². The zero-order valence-electron chi connectivity index (χ0n) is 69.7. The zero-order chi connectivity index (χ0) is 88.2. The Morgan fingerprint density at radius 2 is 0.728 bits per heavy atom. The van der Waals surface area contributed by atoms with Gasteiger partial charge in [0.1, 0.15) is 67.2 Å². The Balaban J connectivity index is -0.000000296. The molecule has 1 fully saturated rings. The number of hydrogen-bond donors (Lipinski definition) is 13. The summed E-state index contributed by atoms with van der Waals surface area (Å²) in [6.45, 7) is 14.9. The van der Waals surface area contributed by atoms with Gasteiger partial charge in [-0.15, -0.1) is 0 Å². The molecule has 0 aromatic rings. The second-order valence-electron chi connectivity index (χ2n) is 25.4. The van der Waals surface area contributed by atoms with E-state index in [2.05, 4.69) is 5.32 Å². The number of amides is 5. The number of aliphatic hydroxyl groups excluding tert-OH is 12. The summed E-state index contributed by atoms with van der Waals surface area (Å²) in [5, 5.41) is 106. The number of rotatable bonds is 58. The Morgan fingerprint density at radius 3 is 1.03 bits per heavy atom. The molecule has 0 aromatic carbocycles. The lowest BCUT2D eigenvalue weighted by Crippen LogP contribution is -2.36. The van der Waals surface area contributed by atoms with Crippen molar-refractivity contribution < 1.29 is 176 Å². The molecule has 674 valence electrons. The molecule has 0 radical (unpaired) electrons. The van der Waals surface area contributed by atoms with Crippen molar-refractivity contribution in [3.8, 4) is 0 Å². The molecule has 2 rings (SSSR count). The first-order chi connectivity index (χ1) is 54.2. The van der Waals surface area contributed by atoms with Crippen LogP contribution in [-0.2, 0) is 114 Å². The summed E-state index contributed by atoms with van der Waals surface area (Å²) in [7, 11) is 9.25.